The lowest BCUT2D eigenvalue weighted by Gasteiger charge is -2.15. The molecule has 0 fully saturated rings. The van der Waals surface area contributed by atoms with Crippen molar-refractivity contribution in [3.05, 3.63) is 94.4 Å². The Hall–Kier alpha value is -3.02. The van der Waals surface area contributed by atoms with Crippen molar-refractivity contribution in [1.29, 1.82) is 0 Å². The minimum Gasteiger partial charge on any atom is -0.493 e. The van der Waals surface area contributed by atoms with Crippen LogP contribution in [-0.2, 0) is 19.6 Å². The fourth-order valence-corrected chi connectivity index (χ4v) is 3.86. The van der Waals surface area contributed by atoms with Crippen LogP contribution in [0.1, 0.15) is 16.7 Å². The van der Waals surface area contributed by atoms with Crippen LogP contribution in [0.25, 0.3) is 10.9 Å². The first-order valence-corrected chi connectivity index (χ1v) is 10.5. The second-order valence-corrected chi connectivity index (χ2v) is 7.68. The number of nitrogens with one attached hydrogen (secondary N) is 2. The number of rotatable bonds is 9. The number of fused-ring (bicyclic) bond motifs is 1. The van der Waals surface area contributed by atoms with E-state index >= 15 is 0 Å². The van der Waals surface area contributed by atoms with Crippen LogP contribution in [0.2, 0.25) is 5.02 Å². The number of para-hydroxylation sites is 1. The van der Waals surface area contributed by atoms with E-state index in [1.54, 1.807) is 25.3 Å². The van der Waals surface area contributed by atoms with E-state index in [0.29, 0.717) is 28.6 Å². The van der Waals surface area contributed by atoms with Gasteiger partial charge in [0, 0.05) is 29.2 Å². The van der Waals surface area contributed by atoms with Crippen molar-refractivity contribution in [2.45, 2.75) is 19.6 Å². The van der Waals surface area contributed by atoms with Gasteiger partial charge in [-0.25, -0.2) is 4.39 Å². The highest BCUT2D eigenvalue weighted by molar-refractivity contribution is 6.32. The maximum Gasteiger partial charge on any atom is 0.180 e. The average Bonchev–Trinajstić information content (AvgIpc) is 3.20. The van der Waals surface area contributed by atoms with E-state index in [1.165, 1.54) is 17.0 Å². The van der Waals surface area contributed by atoms with Crippen molar-refractivity contribution >= 4 is 22.5 Å². The highest BCUT2D eigenvalue weighted by atomic mass is 35.5. The fraction of sp³-hybridized carbons (Fsp3) is 0.200. The number of benzene rings is 3. The molecule has 1 heterocycles. The van der Waals surface area contributed by atoms with Crippen LogP contribution < -0.4 is 14.8 Å². The number of H-pyrrole nitrogens is 1. The summed E-state index contributed by atoms with van der Waals surface area (Å²) in [5.41, 5.74) is 3.89. The molecule has 0 amide bonds. The Morgan fingerprint density at radius 3 is 2.68 bits per heavy atom. The monoisotopic (exact) mass is 438 g/mol. The van der Waals surface area contributed by atoms with Gasteiger partial charge in [-0.3, -0.25) is 0 Å². The molecular formula is C25H24ClFN2O2. The summed E-state index contributed by atoms with van der Waals surface area (Å²) in [6.07, 6.45) is 2.98. The molecule has 0 bridgehead atoms. The van der Waals surface area contributed by atoms with Crippen molar-refractivity contribution in [1.82, 2.24) is 10.3 Å². The van der Waals surface area contributed by atoms with Crippen molar-refractivity contribution in [2.75, 3.05) is 13.7 Å². The molecule has 4 rings (SSSR count). The van der Waals surface area contributed by atoms with Gasteiger partial charge in [0.1, 0.15) is 12.4 Å². The summed E-state index contributed by atoms with van der Waals surface area (Å²) >= 11 is 6.45. The summed E-state index contributed by atoms with van der Waals surface area (Å²) in [6, 6.07) is 18.5. The lowest BCUT2D eigenvalue weighted by molar-refractivity contribution is 0.279. The number of hydrogen-bond acceptors (Lipinski definition) is 3. The van der Waals surface area contributed by atoms with Crippen LogP contribution in [-0.4, -0.2) is 18.6 Å². The Balaban J connectivity index is 1.36. The van der Waals surface area contributed by atoms with E-state index in [0.717, 1.165) is 24.0 Å². The van der Waals surface area contributed by atoms with Gasteiger partial charge in [-0.1, -0.05) is 48.0 Å². The Morgan fingerprint density at radius 2 is 1.84 bits per heavy atom. The molecule has 6 heteroatoms. The van der Waals surface area contributed by atoms with Crippen LogP contribution in [0.5, 0.6) is 11.5 Å². The van der Waals surface area contributed by atoms with Gasteiger partial charge in [0.25, 0.3) is 0 Å². The maximum atomic E-state index is 13.8. The first-order chi connectivity index (χ1) is 15.2. The number of hydrogen-bond donors (Lipinski definition) is 2. The van der Waals surface area contributed by atoms with Crippen LogP contribution >= 0.6 is 11.6 Å². The fourth-order valence-electron chi connectivity index (χ4n) is 3.57. The van der Waals surface area contributed by atoms with E-state index < -0.39 is 0 Å². The van der Waals surface area contributed by atoms with Crippen molar-refractivity contribution in [3.63, 3.8) is 0 Å². The molecule has 0 spiro atoms. The summed E-state index contributed by atoms with van der Waals surface area (Å²) in [4.78, 5) is 3.30. The summed E-state index contributed by atoms with van der Waals surface area (Å²) < 4.78 is 25.1. The standard InChI is InChI=1S/C25H24ClFN2O2/c1-30-24-13-17(12-21(26)25(24)31-16-19-6-2-4-8-22(19)27)14-28-11-10-18-15-29-23-9-5-3-7-20(18)23/h2-9,12-13,15,28-29H,10-11,14,16H2,1H3. The maximum absolute atomic E-state index is 13.8. The van der Waals surface area contributed by atoms with Gasteiger partial charge >= 0.3 is 0 Å². The normalized spacial score (nSPS) is 11.1. The van der Waals surface area contributed by atoms with Gasteiger partial charge in [-0.2, -0.15) is 0 Å². The molecule has 0 saturated heterocycles. The third-order valence-corrected chi connectivity index (χ3v) is 5.47. The molecule has 0 radical (unpaired) electrons. The van der Waals surface area contributed by atoms with E-state index in [4.69, 9.17) is 21.1 Å². The van der Waals surface area contributed by atoms with E-state index in [9.17, 15) is 4.39 Å². The molecule has 0 atom stereocenters. The van der Waals surface area contributed by atoms with E-state index in [1.807, 2.05) is 18.2 Å². The first kappa shape index (κ1) is 21.2. The predicted molar refractivity (Wildman–Crippen MR) is 122 cm³/mol. The number of halogens is 2. The Morgan fingerprint density at radius 1 is 1.03 bits per heavy atom. The molecule has 4 aromatic rings. The van der Waals surface area contributed by atoms with Crippen LogP contribution in [0.4, 0.5) is 4.39 Å². The topological polar surface area (TPSA) is 46.3 Å². The SMILES string of the molecule is COc1cc(CNCCc2c[nH]c3ccccc23)cc(Cl)c1OCc1ccccc1F. The molecule has 31 heavy (non-hydrogen) atoms. The number of aromatic nitrogens is 1. The third-order valence-electron chi connectivity index (χ3n) is 5.19. The predicted octanol–water partition coefficient (Wildman–Crippen LogP) is 5.88. The van der Waals surface area contributed by atoms with Gasteiger partial charge < -0.3 is 19.8 Å². The molecule has 0 aliphatic rings. The first-order valence-electron chi connectivity index (χ1n) is 10.1. The molecular weight excluding hydrogens is 415 g/mol. The zero-order valence-corrected chi connectivity index (χ0v) is 18.0. The minimum absolute atomic E-state index is 0.0744. The molecule has 0 aliphatic heterocycles. The molecule has 2 N–H and O–H groups in total. The van der Waals surface area contributed by atoms with Crippen molar-refractivity contribution < 1.29 is 13.9 Å². The molecule has 160 valence electrons. The quantitative estimate of drug-likeness (QED) is 0.321. The second-order valence-electron chi connectivity index (χ2n) is 7.28. The lowest BCUT2D eigenvalue weighted by atomic mass is 10.1. The largest absolute Gasteiger partial charge is 0.493 e. The minimum atomic E-state index is -0.311. The van der Waals surface area contributed by atoms with Crippen LogP contribution in [0.3, 0.4) is 0 Å². The number of aromatic amines is 1. The second kappa shape index (κ2) is 9.86. The highest BCUT2D eigenvalue weighted by Gasteiger charge is 2.13. The highest BCUT2D eigenvalue weighted by Crippen LogP contribution is 2.37. The van der Waals surface area contributed by atoms with Gasteiger partial charge in [-0.05, 0) is 48.4 Å². The summed E-state index contributed by atoms with van der Waals surface area (Å²) in [7, 11) is 1.57. The van der Waals surface area contributed by atoms with Gasteiger partial charge in [-0.15, -0.1) is 0 Å². The summed E-state index contributed by atoms with van der Waals surface area (Å²) in [6.45, 7) is 1.55. The van der Waals surface area contributed by atoms with E-state index in [-0.39, 0.29) is 12.4 Å². The molecule has 4 nitrogen and oxygen atoms in total. The molecule has 1 aromatic heterocycles. The molecule has 0 unspecified atom stereocenters. The summed E-state index contributed by atoms with van der Waals surface area (Å²) in [5, 5.41) is 5.14. The van der Waals surface area contributed by atoms with Crippen LogP contribution in [0, 0.1) is 5.82 Å². The zero-order chi connectivity index (χ0) is 21.6. The Bertz CT molecular complexity index is 1180. The van der Waals surface area contributed by atoms with E-state index in [2.05, 4.69) is 34.7 Å². The van der Waals surface area contributed by atoms with Crippen molar-refractivity contribution in [3.8, 4) is 11.5 Å². The zero-order valence-electron chi connectivity index (χ0n) is 17.3. The average molecular weight is 439 g/mol. The summed E-state index contributed by atoms with van der Waals surface area (Å²) in [5.74, 6) is 0.626. The molecule has 0 aliphatic carbocycles. The third kappa shape index (κ3) is 5.01. The van der Waals surface area contributed by atoms with Crippen molar-refractivity contribution in [2.24, 2.45) is 0 Å². The Kier molecular flexibility index (Phi) is 6.75. The van der Waals surface area contributed by atoms with Gasteiger partial charge in [0.2, 0.25) is 0 Å². The van der Waals surface area contributed by atoms with Gasteiger partial charge in [0.05, 0.1) is 12.1 Å². The number of ether oxygens (including phenoxy) is 2. The number of methoxy groups -OCH3 is 1. The van der Waals surface area contributed by atoms with Gasteiger partial charge in [0.15, 0.2) is 11.5 Å². The smallest absolute Gasteiger partial charge is 0.180 e. The lowest BCUT2D eigenvalue weighted by Crippen LogP contribution is -2.16. The molecule has 3 aromatic carbocycles. The molecule has 0 saturated carbocycles. The Labute approximate surface area is 186 Å². The van der Waals surface area contributed by atoms with Crippen LogP contribution in [0.15, 0.2) is 66.9 Å².